The summed E-state index contributed by atoms with van der Waals surface area (Å²) in [5.41, 5.74) is 2.93. The summed E-state index contributed by atoms with van der Waals surface area (Å²) in [6, 6.07) is 8.84. The number of nitriles is 1. The van der Waals surface area contributed by atoms with E-state index in [1.54, 1.807) is 7.11 Å². The number of hydrogen-bond donors (Lipinski definition) is 0. The van der Waals surface area contributed by atoms with Crippen LogP contribution in [0, 0.1) is 23.2 Å². The van der Waals surface area contributed by atoms with Gasteiger partial charge in [0.2, 0.25) is 0 Å². The van der Waals surface area contributed by atoms with Gasteiger partial charge in [0.1, 0.15) is 5.75 Å². The number of nitrogens with zero attached hydrogens (tertiary/aromatic N) is 1. The molecule has 0 spiro atoms. The zero-order valence-electron chi connectivity index (χ0n) is 13.4. The van der Waals surface area contributed by atoms with Gasteiger partial charge in [0.25, 0.3) is 0 Å². The summed E-state index contributed by atoms with van der Waals surface area (Å²) < 4.78 is 5.37. The maximum atomic E-state index is 8.97. The van der Waals surface area contributed by atoms with E-state index in [0.717, 1.165) is 31.4 Å². The average molecular weight is 318 g/mol. The Kier molecular flexibility index (Phi) is 4.37. The molecule has 2 aliphatic carbocycles. The van der Waals surface area contributed by atoms with Crippen molar-refractivity contribution in [3.05, 3.63) is 29.3 Å². The summed E-state index contributed by atoms with van der Waals surface area (Å²) in [4.78, 5) is -0.151. The largest absolute Gasteiger partial charge is 0.497 e. The molecule has 0 aromatic heterocycles. The van der Waals surface area contributed by atoms with Crippen LogP contribution in [-0.2, 0) is 6.42 Å². The van der Waals surface area contributed by atoms with Gasteiger partial charge in [-0.15, -0.1) is 11.6 Å². The number of hydrogen-bond acceptors (Lipinski definition) is 2. The van der Waals surface area contributed by atoms with Crippen LogP contribution in [0.5, 0.6) is 5.75 Å². The Bertz CT molecular complexity index is 590. The zero-order chi connectivity index (χ0) is 15.7. The maximum absolute atomic E-state index is 8.97. The lowest BCUT2D eigenvalue weighted by molar-refractivity contribution is 0.132. The monoisotopic (exact) mass is 317 g/mol. The molecular formula is C19H24ClNO. The topological polar surface area (TPSA) is 33.0 Å². The second kappa shape index (κ2) is 6.13. The van der Waals surface area contributed by atoms with E-state index in [4.69, 9.17) is 21.6 Å². The third-order valence-corrected chi connectivity index (χ3v) is 6.28. The highest BCUT2D eigenvalue weighted by Crippen LogP contribution is 2.54. The van der Waals surface area contributed by atoms with Crippen LogP contribution in [0.15, 0.2) is 18.2 Å². The molecule has 0 N–H and O–H groups in total. The van der Waals surface area contributed by atoms with Crippen molar-refractivity contribution in [3.63, 3.8) is 0 Å². The molecule has 3 heteroatoms. The zero-order valence-corrected chi connectivity index (χ0v) is 14.2. The third-order valence-electron chi connectivity index (χ3n) is 5.81. The molecule has 0 heterocycles. The van der Waals surface area contributed by atoms with Crippen LogP contribution >= 0.6 is 11.6 Å². The van der Waals surface area contributed by atoms with Gasteiger partial charge in [-0.3, -0.25) is 0 Å². The van der Waals surface area contributed by atoms with E-state index in [-0.39, 0.29) is 4.87 Å². The van der Waals surface area contributed by atoms with Crippen LogP contribution in [-0.4, -0.2) is 12.0 Å². The molecule has 3 rings (SSSR count). The van der Waals surface area contributed by atoms with Crippen molar-refractivity contribution in [2.24, 2.45) is 11.8 Å². The van der Waals surface area contributed by atoms with E-state index in [1.165, 1.54) is 17.5 Å². The van der Waals surface area contributed by atoms with Crippen LogP contribution in [0.3, 0.4) is 0 Å². The van der Waals surface area contributed by atoms with Gasteiger partial charge in [0.15, 0.2) is 0 Å². The predicted molar refractivity (Wildman–Crippen MR) is 89.4 cm³/mol. The van der Waals surface area contributed by atoms with Gasteiger partial charge in [-0.2, -0.15) is 5.26 Å². The maximum Gasteiger partial charge on any atom is 0.119 e. The lowest BCUT2D eigenvalue weighted by Crippen LogP contribution is -2.43. The van der Waals surface area contributed by atoms with Gasteiger partial charge in [0.05, 0.1) is 13.2 Å². The van der Waals surface area contributed by atoms with Crippen LogP contribution < -0.4 is 4.74 Å². The van der Waals surface area contributed by atoms with Gasteiger partial charge >= 0.3 is 0 Å². The van der Waals surface area contributed by atoms with E-state index >= 15 is 0 Å². The van der Waals surface area contributed by atoms with E-state index in [1.807, 2.05) is 0 Å². The summed E-state index contributed by atoms with van der Waals surface area (Å²) in [6.45, 7) is 2.18. The minimum atomic E-state index is -0.151. The molecule has 118 valence electrons. The SMILES string of the molecule is COc1ccc2c(c1)CC[C@@H]1[C@@H]2CC[C@](C)(Cl)[C@H]1CCC#N. The number of alkyl halides is 1. The van der Waals surface area contributed by atoms with Crippen molar-refractivity contribution in [2.75, 3.05) is 7.11 Å². The molecule has 1 aromatic carbocycles. The molecular weight excluding hydrogens is 294 g/mol. The lowest BCUT2D eigenvalue weighted by atomic mass is 9.59. The fraction of sp³-hybridized carbons (Fsp3) is 0.632. The second-order valence-corrected chi connectivity index (χ2v) is 7.86. The normalized spacial score (nSPS) is 33.5. The predicted octanol–water partition coefficient (Wildman–Crippen LogP) is 5.05. The molecule has 22 heavy (non-hydrogen) atoms. The van der Waals surface area contributed by atoms with Crippen LogP contribution in [0.1, 0.15) is 56.1 Å². The van der Waals surface area contributed by atoms with Gasteiger partial charge in [-0.1, -0.05) is 6.07 Å². The number of benzene rings is 1. The Hall–Kier alpha value is -1.20. The molecule has 2 aliphatic rings. The molecule has 0 unspecified atom stereocenters. The van der Waals surface area contributed by atoms with Crippen molar-refractivity contribution >= 4 is 11.6 Å². The smallest absolute Gasteiger partial charge is 0.119 e. The van der Waals surface area contributed by atoms with Gasteiger partial charge in [-0.25, -0.2) is 0 Å². The van der Waals surface area contributed by atoms with Crippen molar-refractivity contribution in [3.8, 4) is 11.8 Å². The summed E-state index contributed by atoms with van der Waals surface area (Å²) in [5.74, 6) is 2.62. The Morgan fingerprint density at radius 2 is 2.23 bits per heavy atom. The Balaban J connectivity index is 1.90. The van der Waals surface area contributed by atoms with Gasteiger partial charge < -0.3 is 4.74 Å². The fourth-order valence-electron chi connectivity index (χ4n) is 4.70. The quantitative estimate of drug-likeness (QED) is 0.731. The second-order valence-electron chi connectivity index (χ2n) is 6.99. The molecule has 0 radical (unpaired) electrons. The number of aryl methyl sites for hydroxylation is 1. The lowest BCUT2D eigenvalue weighted by Gasteiger charge is -2.49. The van der Waals surface area contributed by atoms with Gasteiger partial charge in [0, 0.05) is 11.3 Å². The highest BCUT2D eigenvalue weighted by atomic mass is 35.5. The summed E-state index contributed by atoms with van der Waals surface area (Å²) in [7, 11) is 1.73. The Labute approximate surface area is 138 Å². The number of fused-ring (bicyclic) bond motifs is 3. The number of halogens is 1. The van der Waals surface area contributed by atoms with E-state index in [0.29, 0.717) is 24.2 Å². The fourth-order valence-corrected chi connectivity index (χ4v) is 5.08. The highest BCUT2D eigenvalue weighted by Gasteiger charge is 2.46. The molecule has 2 nitrogen and oxygen atoms in total. The van der Waals surface area contributed by atoms with Gasteiger partial charge in [-0.05, 0) is 80.0 Å². The molecule has 0 aliphatic heterocycles. The molecule has 0 saturated heterocycles. The first-order valence-corrected chi connectivity index (χ1v) is 8.67. The van der Waals surface area contributed by atoms with Crippen LogP contribution in [0.4, 0.5) is 0 Å². The number of ether oxygens (including phenoxy) is 1. The number of rotatable bonds is 3. The average Bonchev–Trinajstić information content (AvgIpc) is 2.52. The Morgan fingerprint density at radius 3 is 2.95 bits per heavy atom. The summed E-state index contributed by atoms with van der Waals surface area (Å²) in [5, 5.41) is 8.97. The van der Waals surface area contributed by atoms with E-state index in [9.17, 15) is 0 Å². The highest BCUT2D eigenvalue weighted by molar-refractivity contribution is 6.24. The Morgan fingerprint density at radius 1 is 1.41 bits per heavy atom. The van der Waals surface area contributed by atoms with Crippen molar-refractivity contribution in [2.45, 2.75) is 56.2 Å². The van der Waals surface area contributed by atoms with Crippen molar-refractivity contribution in [1.82, 2.24) is 0 Å². The minimum absolute atomic E-state index is 0.151. The van der Waals surface area contributed by atoms with Crippen molar-refractivity contribution < 1.29 is 4.74 Å². The van der Waals surface area contributed by atoms with Crippen LogP contribution in [0.2, 0.25) is 0 Å². The first-order chi connectivity index (χ1) is 10.6. The molecule has 0 bridgehead atoms. The molecule has 4 atom stereocenters. The van der Waals surface area contributed by atoms with Crippen LogP contribution in [0.25, 0.3) is 0 Å². The van der Waals surface area contributed by atoms with E-state index in [2.05, 4.69) is 31.2 Å². The summed E-state index contributed by atoms with van der Waals surface area (Å²) >= 11 is 6.84. The molecule has 1 aromatic rings. The first kappa shape index (κ1) is 15.7. The minimum Gasteiger partial charge on any atom is -0.497 e. The third kappa shape index (κ3) is 2.72. The molecule has 1 fully saturated rings. The summed E-state index contributed by atoms with van der Waals surface area (Å²) in [6.07, 6.45) is 6.03. The van der Waals surface area contributed by atoms with Crippen molar-refractivity contribution in [1.29, 1.82) is 5.26 Å². The number of methoxy groups -OCH3 is 1. The van der Waals surface area contributed by atoms with E-state index < -0.39 is 0 Å². The standard InChI is InChI=1S/C19H24ClNO/c1-19(20)10-9-16-15-8-6-14(22-2)12-13(15)5-7-17(16)18(19)4-3-11-21/h6,8,12,16-18H,3-5,7,9-10H2,1-2H3/t16-,17-,18+,19+/m1/s1. The molecule has 1 saturated carbocycles. The molecule has 0 amide bonds. The first-order valence-electron chi connectivity index (χ1n) is 8.29.